The summed E-state index contributed by atoms with van der Waals surface area (Å²) < 4.78 is 7.59. The number of carbonyl (C=O) groups excluding carboxylic acids is 2. The van der Waals surface area contributed by atoms with E-state index < -0.39 is 0 Å². The number of nitrogens with one attached hydrogen (secondary N) is 1. The second kappa shape index (κ2) is 11.3. The molecule has 0 unspecified atom stereocenters. The molecule has 2 amide bonds. The number of hydrogen-bond acceptors (Lipinski definition) is 4. The second-order valence-corrected chi connectivity index (χ2v) is 9.16. The zero-order valence-corrected chi connectivity index (χ0v) is 19.9. The van der Waals surface area contributed by atoms with Crippen LogP contribution in [0.25, 0.3) is 10.9 Å². The normalized spacial score (nSPS) is 13.8. The summed E-state index contributed by atoms with van der Waals surface area (Å²) in [7, 11) is 0. The van der Waals surface area contributed by atoms with Crippen LogP contribution < -0.4 is 10.1 Å². The van der Waals surface area contributed by atoms with Gasteiger partial charge in [0.2, 0.25) is 5.91 Å². The van der Waals surface area contributed by atoms with Crippen molar-refractivity contribution in [2.45, 2.75) is 37.6 Å². The van der Waals surface area contributed by atoms with Crippen molar-refractivity contribution in [2.24, 2.45) is 0 Å². The average molecular weight is 466 g/mol. The Morgan fingerprint density at radius 1 is 1.03 bits per heavy atom. The van der Waals surface area contributed by atoms with Crippen LogP contribution in [0.4, 0.5) is 0 Å². The molecule has 0 bridgehead atoms. The molecule has 1 saturated heterocycles. The number of amides is 2. The largest absolute Gasteiger partial charge is 0.494 e. The first-order valence-electron chi connectivity index (χ1n) is 11.6. The fourth-order valence-corrected chi connectivity index (χ4v) is 5.14. The number of benzene rings is 2. The summed E-state index contributed by atoms with van der Waals surface area (Å²) in [4.78, 5) is 28.2. The molecule has 0 aliphatic carbocycles. The molecule has 7 heteroatoms. The highest BCUT2D eigenvalue weighted by molar-refractivity contribution is 8.00. The zero-order valence-electron chi connectivity index (χ0n) is 19.1. The Labute approximate surface area is 199 Å². The Bertz CT molecular complexity index is 1090. The minimum absolute atomic E-state index is 0.101. The van der Waals surface area contributed by atoms with Crippen molar-refractivity contribution >= 4 is 34.5 Å². The number of rotatable bonds is 9. The Kier molecular flexibility index (Phi) is 7.94. The van der Waals surface area contributed by atoms with Crippen LogP contribution in [0.5, 0.6) is 5.75 Å². The highest BCUT2D eigenvalue weighted by Crippen LogP contribution is 2.30. The van der Waals surface area contributed by atoms with Gasteiger partial charge in [0.1, 0.15) is 5.75 Å². The van der Waals surface area contributed by atoms with Gasteiger partial charge < -0.3 is 19.5 Å². The summed E-state index contributed by atoms with van der Waals surface area (Å²) in [5.74, 6) is 1.34. The number of aromatic nitrogens is 1. The van der Waals surface area contributed by atoms with Crippen molar-refractivity contribution in [2.75, 3.05) is 32.0 Å². The van der Waals surface area contributed by atoms with Crippen LogP contribution in [0.2, 0.25) is 0 Å². The molecule has 0 spiro atoms. The van der Waals surface area contributed by atoms with E-state index in [1.165, 1.54) is 6.42 Å². The number of piperidine rings is 1. The van der Waals surface area contributed by atoms with Gasteiger partial charge in [0.05, 0.1) is 12.4 Å². The Morgan fingerprint density at radius 3 is 2.55 bits per heavy atom. The average Bonchev–Trinajstić information content (AvgIpc) is 3.21. The summed E-state index contributed by atoms with van der Waals surface area (Å²) in [6.07, 6.45) is 5.54. The lowest BCUT2D eigenvalue weighted by Crippen LogP contribution is -2.36. The molecule has 4 rings (SSSR count). The molecule has 0 atom stereocenters. The van der Waals surface area contributed by atoms with Crippen LogP contribution in [-0.2, 0) is 11.3 Å². The van der Waals surface area contributed by atoms with E-state index in [4.69, 9.17) is 4.74 Å². The summed E-state index contributed by atoms with van der Waals surface area (Å²) >= 11 is 1.60. The molecule has 1 fully saturated rings. The van der Waals surface area contributed by atoms with Crippen LogP contribution in [-0.4, -0.2) is 53.3 Å². The van der Waals surface area contributed by atoms with Crippen LogP contribution in [0.15, 0.2) is 59.6 Å². The van der Waals surface area contributed by atoms with E-state index in [1.54, 1.807) is 23.9 Å². The third-order valence-electron chi connectivity index (χ3n) is 5.88. The first-order valence-corrected chi connectivity index (χ1v) is 12.6. The molecule has 1 N–H and O–H groups in total. The van der Waals surface area contributed by atoms with Crippen molar-refractivity contribution in [1.82, 2.24) is 14.8 Å². The third-order valence-corrected chi connectivity index (χ3v) is 6.91. The fraction of sp³-hybridized carbons (Fsp3) is 0.385. The number of ether oxygens (including phenoxy) is 1. The summed E-state index contributed by atoms with van der Waals surface area (Å²) in [5.41, 5.74) is 1.73. The second-order valence-electron chi connectivity index (χ2n) is 8.15. The van der Waals surface area contributed by atoms with E-state index in [9.17, 15) is 9.59 Å². The van der Waals surface area contributed by atoms with Gasteiger partial charge in [-0.05, 0) is 56.5 Å². The lowest BCUT2D eigenvalue weighted by Gasteiger charge is -2.26. The number of nitrogens with zero attached hydrogens (tertiary/aromatic N) is 2. The molecule has 33 heavy (non-hydrogen) atoms. The predicted octanol–water partition coefficient (Wildman–Crippen LogP) is 4.57. The van der Waals surface area contributed by atoms with Gasteiger partial charge in [-0.3, -0.25) is 9.59 Å². The summed E-state index contributed by atoms with van der Waals surface area (Å²) in [6.45, 7) is 5.47. The fourth-order valence-electron chi connectivity index (χ4n) is 4.15. The molecule has 6 nitrogen and oxygen atoms in total. The Morgan fingerprint density at radius 2 is 1.79 bits per heavy atom. The van der Waals surface area contributed by atoms with Gasteiger partial charge in [0.25, 0.3) is 5.91 Å². The number of carbonyl (C=O) groups is 2. The minimum Gasteiger partial charge on any atom is -0.494 e. The topological polar surface area (TPSA) is 63.6 Å². The van der Waals surface area contributed by atoms with Crippen molar-refractivity contribution in [3.8, 4) is 5.75 Å². The van der Waals surface area contributed by atoms with E-state index in [0.717, 1.165) is 47.5 Å². The van der Waals surface area contributed by atoms with Crippen LogP contribution in [0.1, 0.15) is 36.5 Å². The van der Waals surface area contributed by atoms with Crippen molar-refractivity contribution in [3.05, 3.63) is 60.3 Å². The maximum Gasteiger partial charge on any atom is 0.251 e. The molecular weight excluding hydrogens is 434 g/mol. The molecule has 2 heterocycles. The zero-order chi connectivity index (χ0) is 23.0. The van der Waals surface area contributed by atoms with Crippen molar-refractivity contribution in [1.29, 1.82) is 0 Å². The molecule has 0 radical (unpaired) electrons. The van der Waals surface area contributed by atoms with Gasteiger partial charge in [-0.25, -0.2) is 0 Å². The van der Waals surface area contributed by atoms with E-state index in [0.29, 0.717) is 31.0 Å². The number of para-hydroxylation sites is 1. The first-order chi connectivity index (χ1) is 16.2. The number of thioether (sulfide) groups is 1. The molecule has 0 saturated carbocycles. The maximum absolute atomic E-state index is 12.6. The lowest BCUT2D eigenvalue weighted by atomic mass is 10.1. The van der Waals surface area contributed by atoms with E-state index in [-0.39, 0.29) is 11.8 Å². The van der Waals surface area contributed by atoms with Gasteiger partial charge >= 0.3 is 0 Å². The third kappa shape index (κ3) is 5.90. The quantitative estimate of drug-likeness (QED) is 0.470. The molecule has 1 aliphatic rings. The Hall–Kier alpha value is -2.93. The van der Waals surface area contributed by atoms with Crippen molar-refractivity contribution in [3.63, 3.8) is 0 Å². The van der Waals surface area contributed by atoms with Gasteiger partial charge in [-0.15, -0.1) is 11.8 Å². The van der Waals surface area contributed by atoms with E-state index >= 15 is 0 Å². The first kappa shape index (κ1) is 23.2. The molecule has 1 aliphatic heterocycles. The highest BCUT2D eigenvalue weighted by Gasteiger charge is 2.18. The molecule has 1 aromatic heterocycles. The number of likely N-dealkylation sites (tertiary alicyclic amines) is 1. The minimum atomic E-state index is -0.101. The van der Waals surface area contributed by atoms with Gasteiger partial charge in [0.15, 0.2) is 0 Å². The molecule has 3 aromatic rings. The lowest BCUT2D eigenvalue weighted by molar-refractivity contribution is -0.129. The van der Waals surface area contributed by atoms with Crippen LogP contribution in [0, 0.1) is 0 Å². The Balaban J connectivity index is 1.35. The highest BCUT2D eigenvalue weighted by atomic mass is 32.2. The van der Waals surface area contributed by atoms with Crippen LogP contribution in [0.3, 0.4) is 0 Å². The monoisotopic (exact) mass is 465 g/mol. The molecular formula is C26H31N3O3S. The van der Waals surface area contributed by atoms with Gasteiger partial charge in [-0.2, -0.15) is 0 Å². The maximum atomic E-state index is 12.6. The standard InChI is InChI=1S/C26H31N3O3S/c1-2-32-21-12-10-20(11-13-21)26(31)27-14-17-29-18-24(22-8-4-5-9-23(22)29)33-19-25(30)28-15-6-3-7-16-28/h4-5,8-13,18H,2-3,6-7,14-17,19H2,1H3,(H,27,31). The SMILES string of the molecule is CCOc1ccc(C(=O)NCCn2cc(SCC(=O)N3CCCCC3)c3ccccc32)cc1. The van der Waals surface area contributed by atoms with Crippen LogP contribution >= 0.6 is 11.8 Å². The predicted molar refractivity (Wildman–Crippen MR) is 133 cm³/mol. The van der Waals surface area contributed by atoms with E-state index in [2.05, 4.69) is 28.2 Å². The van der Waals surface area contributed by atoms with E-state index in [1.807, 2.05) is 36.1 Å². The smallest absolute Gasteiger partial charge is 0.251 e. The number of fused-ring (bicyclic) bond motifs is 1. The number of hydrogen-bond donors (Lipinski definition) is 1. The van der Waals surface area contributed by atoms with Gasteiger partial charge in [-0.1, -0.05) is 18.2 Å². The summed E-state index contributed by atoms with van der Waals surface area (Å²) in [5, 5.41) is 4.14. The molecule has 174 valence electrons. The van der Waals surface area contributed by atoms with Crippen molar-refractivity contribution < 1.29 is 14.3 Å². The summed E-state index contributed by atoms with van der Waals surface area (Å²) in [6, 6.07) is 15.4. The molecule has 2 aromatic carbocycles. The van der Waals surface area contributed by atoms with Gasteiger partial charge in [0, 0.05) is 53.7 Å².